The van der Waals surface area contributed by atoms with Crippen LogP contribution >= 0.6 is 0 Å². The summed E-state index contributed by atoms with van der Waals surface area (Å²) in [6.07, 6.45) is 9.30. The average Bonchev–Trinajstić information content (AvgIpc) is 2.82. The summed E-state index contributed by atoms with van der Waals surface area (Å²) in [7, 11) is 0. The Balaban J connectivity index is 2.58. The van der Waals surface area contributed by atoms with Gasteiger partial charge in [-0.2, -0.15) is 0 Å². The molecule has 2 rings (SSSR count). The van der Waals surface area contributed by atoms with E-state index in [9.17, 15) is 0 Å². The van der Waals surface area contributed by atoms with Gasteiger partial charge in [-0.1, -0.05) is 0 Å². The van der Waals surface area contributed by atoms with Gasteiger partial charge in [-0.05, 0) is 0 Å². The van der Waals surface area contributed by atoms with Gasteiger partial charge in [0, 0.05) is 0 Å². The average molecular weight is 587 g/mol. The van der Waals surface area contributed by atoms with Gasteiger partial charge in [0.1, 0.15) is 0 Å². The number of benzene rings is 2. The molecule has 196 valence electrons. The first-order chi connectivity index (χ1) is 16.6. The Labute approximate surface area is 222 Å². The number of para-hydroxylation sites is 2. The fourth-order valence-electron chi connectivity index (χ4n) is 5.39. The molecule has 0 radical (unpaired) electrons. The first kappa shape index (κ1) is 30.1. The Hall–Kier alpha value is -1.16. The monoisotopic (exact) mass is 588 g/mol. The summed E-state index contributed by atoms with van der Waals surface area (Å²) < 4.78 is 16.8. The van der Waals surface area contributed by atoms with Crippen LogP contribution < -0.4 is 6.15 Å². The standard InChI is InChI=1S/2C12H18O.2C4H9.Sn/c2*1-4-9-12(2,3)10-7-5-6-8-11(10)13;2*1-3-4-2;/h2*5-8,13H,4,9H2,1-3H3;2*1,3-4H2,2H3;/q;;;;+2/p-2. The second kappa shape index (κ2) is 14.0. The molecule has 0 N–H and O–H groups in total. The fourth-order valence-corrected chi connectivity index (χ4v) is 15.8. The molecule has 0 aliphatic carbocycles. The van der Waals surface area contributed by atoms with Gasteiger partial charge in [-0.3, -0.25) is 0 Å². The molecule has 2 nitrogen and oxygen atoms in total. The van der Waals surface area contributed by atoms with Crippen molar-refractivity contribution < 1.29 is 6.15 Å². The predicted octanol–water partition coefficient (Wildman–Crippen LogP) is 10.3. The zero-order valence-corrected chi connectivity index (χ0v) is 26.9. The third-order valence-electron chi connectivity index (χ3n) is 7.40. The predicted molar refractivity (Wildman–Crippen MR) is 155 cm³/mol. The van der Waals surface area contributed by atoms with E-state index in [-0.39, 0.29) is 10.8 Å². The van der Waals surface area contributed by atoms with Crippen LogP contribution in [0.25, 0.3) is 0 Å². The molecule has 2 aromatic rings. The molecule has 0 spiro atoms. The molecule has 0 fully saturated rings. The van der Waals surface area contributed by atoms with Crippen LogP contribution in [-0.2, 0) is 10.8 Å². The summed E-state index contributed by atoms with van der Waals surface area (Å²) in [6.45, 7) is 18.6. The van der Waals surface area contributed by atoms with Gasteiger partial charge in [0.15, 0.2) is 0 Å². The fraction of sp³-hybridized carbons (Fsp3) is 0.625. The summed E-state index contributed by atoms with van der Waals surface area (Å²) >= 11 is -3.56. The van der Waals surface area contributed by atoms with Crippen molar-refractivity contribution in [3.63, 3.8) is 0 Å². The molecular weight excluding hydrogens is 535 g/mol. The minimum absolute atomic E-state index is 0.0828. The van der Waals surface area contributed by atoms with Crippen molar-refractivity contribution in [3.05, 3.63) is 59.7 Å². The number of rotatable bonds is 16. The van der Waals surface area contributed by atoms with Crippen molar-refractivity contribution in [2.45, 2.75) is 126 Å². The summed E-state index contributed by atoms with van der Waals surface area (Å²) in [5, 5.41) is 0. The molecule has 0 saturated heterocycles. The Kier molecular flexibility index (Phi) is 12.0. The van der Waals surface area contributed by atoms with E-state index in [0.717, 1.165) is 46.1 Å². The van der Waals surface area contributed by atoms with Crippen molar-refractivity contribution in [2.24, 2.45) is 0 Å². The topological polar surface area (TPSA) is 18.5 Å². The van der Waals surface area contributed by atoms with Crippen molar-refractivity contribution in [1.29, 1.82) is 0 Å². The van der Waals surface area contributed by atoms with Gasteiger partial charge >= 0.3 is 223 Å². The normalized spacial score (nSPS) is 12.6. The van der Waals surface area contributed by atoms with Crippen LogP contribution in [0.5, 0.6) is 11.5 Å². The zero-order valence-electron chi connectivity index (χ0n) is 24.0. The van der Waals surface area contributed by atoms with Gasteiger partial charge in [-0.25, -0.2) is 0 Å². The molecule has 0 bridgehead atoms. The van der Waals surface area contributed by atoms with Gasteiger partial charge in [0.2, 0.25) is 0 Å². The molecule has 0 heterocycles. The maximum atomic E-state index is 7.29. The van der Waals surface area contributed by atoms with Gasteiger partial charge in [-0.15, -0.1) is 0 Å². The van der Waals surface area contributed by atoms with E-state index in [2.05, 4.69) is 104 Å². The molecule has 0 aromatic heterocycles. The maximum absolute atomic E-state index is 7.29. The molecule has 2 aromatic carbocycles. The SMILES string of the molecule is CCC[CH2][Sn]([CH2]CCC)([O]c1ccccc1C(C)(C)CCC)[O]c1ccccc1C(C)(C)CCC. The molecule has 3 heteroatoms. The first-order valence-electron chi connectivity index (χ1n) is 14.2. The van der Waals surface area contributed by atoms with E-state index >= 15 is 0 Å². The Morgan fingerprint density at radius 3 is 1.29 bits per heavy atom. The molecule has 0 amide bonds. The van der Waals surface area contributed by atoms with Crippen LogP contribution in [-0.4, -0.2) is 19.2 Å². The molecule has 0 aliphatic heterocycles. The Morgan fingerprint density at radius 2 is 0.943 bits per heavy atom. The molecule has 0 saturated carbocycles. The van der Waals surface area contributed by atoms with Crippen molar-refractivity contribution in [3.8, 4) is 11.5 Å². The van der Waals surface area contributed by atoms with Gasteiger partial charge in [0.05, 0.1) is 0 Å². The molecular formula is C32H52O2Sn. The molecule has 0 aliphatic rings. The summed E-state index contributed by atoms with van der Waals surface area (Å²) in [5.41, 5.74) is 2.83. The number of unbranched alkanes of at least 4 members (excludes halogenated alkanes) is 2. The Morgan fingerprint density at radius 1 is 0.571 bits per heavy atom. The van der Waals surface area contributed by atoms with E-state index in [1.165, 1.54) is 36.8 Å². The zero-order chi connectivity index (χ0) is 26.0. The van der Waals surface area contributed by atoms with E-state index in [1.54, 1.807) is 0 Å². The quantitative estimate of drug-likeness (QED) is 0.182. The van der Waals surface area contributed by atoms with Crippen molar-refractivity contribution >= 4 is 19.2 Å². The van der Waals surface area contributed by atoms with E-state index in [0.29, 0.717) is 0 Å². The third-order valence-corrected chi connectivity index (χ3v) is 17.1. The summed E-state index contributed by atoms with van der Waals surface area (Å²) in [5.74, 6) is 2.14. The molecule has 35 heavy (non-hydrogen) atoms. The van der Waals surface area contributed by atoms with Crippen LogP contribution in [0.2, 0.25) is 8.87 Å². The second-order valence-electron chi connectivity index (χ2n) is 11.6. The molecule has 0 unspecified atom stereocenters. The second-order valence-corrected chi connectivity index (χ2v) is 20.8. The van der Waals surface area contributed by atoms with Crippen molar-refractivity contribution in [1.82, 2.24) is 0 Å². The Bertz CT molecular complexity index is 813. The summed E-state index contributed by atoms with van der Waals surface area (Å²) in [4.78, 5) is 0. The van der Waals surface area contributed by atoms with Gasteiger partial charge < -0.3 is 0 Å². The summed E-state index contributed by atoms with van der Waals surface area (Å²) in [6, 6.07) is 17.6. The van der Waals surface area contributed by atoms with Crippen LogP contribution in [0.1, 0.15) is 118 Å². The molecule has 0 atom stereocenters. The van der Waals surface area contributed by atoms with E-state index < -0.39 is 19.2 Å². The van der Waals surface area contributed by atoms with E-state index in [4.69, 9.17) is 6.15 Å². The number of hydrogen-bond acceptors (Lipinski definition) is 2. The third kappa shape index (κ3) is 8.44. The van der Waals surface area contributed by atoms with Crippen LogP contribution in [0.4, 0.5) is 0 Å². The first-order valence-corrected chi connectivity index (χ1v) is 20.6. The number of hydrogen-bond donors (Lipinski definition) is 0. The minimum atomic E-state index is -3.56. The van der Waals surface area contributed by atoms with Crippen LogP contribution in [0, 0.1) is 0 Å². The van der Waals surface area contributed by atoms with E-state index in [1.807, 2.05) is 0 Å². The van der Waals surface area contributed by atoms with Crippen LogP contribution in [0.3, 0.4) is 0 Å². The van der Waals surface area contributed by atoms with Crippen LogP contribution in [0.15, 0.2) is 48.5 Å². The van der Waals surface area contributed by atoms with Crippen molar-refractivity contribution in [2.75, 3.05) is 0 Å². The van der Waals surface area contributed by atoms with Gasteiger partial charge in [0.25, 0.3) is 0 Å².